The summed E-state index contributed by atoms with van der Waals surface area (Å²) in [5, 5.41) is 0.600. The first-order valence-corrected chi connectivity index (χ1v) is 5.47. The van der Waals surface area contributed by atoms with Crippen LogP contribution < -0.4 is 5.73 Å². The van der Waals surface area contributed by atoms with E-state index in [1.54, 1.807) is 6.07 Å². The van der Waals surface area contributed by atoms with E-state index < -0.39 is 0 Å². The van der Waals surface area contributed by atoms with Gasteiger partial charge in [-0.25, -0.2) is 4.99 Å². The lowest BCUT2D eigenvalue weighted by Crippen LogP contribution is -2.18. The van der Waals surface area contributed by atoms with Crippen molar-refractivity contribution in [2.45, 2.75) is 13.8 Å². The van der Waals surface area contributed by atoms with E-state index in [2.05, 4.69) is 20.9 Å². The summed E-state index contributed by atoms with van der Waals surface area (Å²) in [5.74, 6) is 0.823. The van der Waals surface area contributed by atoms with Gasteiger partial charge in [-0.2, -0.15) is 0 Å². The number of aliphatic imine (C=N–C) groups is 1. The summed E-state index contributed by atoms with van der Waals surface area (Å²) in [6.07, 6.45) is 0. The molecule has 1 rings (SSSR count). The largest absolute Gasteiger partial charge is 0.387 e. The molecule has 2 nitrogen and oxygen atoms in total. The van der Waals surface area contributed by atoms with Crippen molar-refractivity contribution in [3.05, 3.63) is 27.7 Å². The maximum atomic E-state index is 5.99. The summed E-state index contributed by atoms with van der Waals surface area (Å²) >= 11 is 9.31. The van der Waals surface area contributed by atoms with Crippen molar-refractivity contribution < 1.29 is 0 Å². The molecular formula is C10H12BrClN2. The van der Waals surface area contributed by atoms with Crippen LogP contribution in [0.4, 0.5) is 5.69 Å². The van der Waals surface area contributed by atoms with Gasteiger partial charge in [0.1, 0.15) is 5.84 Å². The van der Waals surface area contributed by atoms with E-state index in [1.807, 2.05) is 26.0 Å². The van der Waals surface area contributed by atoms with Crippen LogP contribution in [0.25, 0.3) is 0 Å². The third-order valence-electron chi connectivity index (χ3n) is 1.75. The number of nitrogens with two attached hydrogens (primary N) is 1. The standard InChI is InChI=1S/C10H12BrClN2/c1-6(2)10(13)14-9-4-3-7(11)5-8(9)12/h3-6H,1-2H3,(H2,13,14). The number of benzene rings is 1. The van der Waals surface area contributed by atoms with E-state index >= 15 is 0 Å². The minimum Gasteiger partial charge on any atom is -0.387 e. The first kappa shape index (κ1) is 11.5. The Balaban J connectivity index is 3.03. The predicted octanol–water partition coefficient (Wildman–Crippen LogP) is 3.75. The van der Waals surface area contributed by atoms with Gasteiger partial charge in [-0.15, -0.1) is 0 Å². The molecule has 0 radical (unpaired) electrons. The predicted molar refractivity (Wildman–Crippen MR) is 65.3 cm³/mol. The number of nitrogens with zero attached hydrogens (tertiary/aromatic N) is 1. The SMILES string of the molecule is CC(C)C(N)=Nc1ccc(Br)cc1Cl. The maximum absolute atomic E-state index is 5.99. The fourth-order valence-electron chi connectivity index (χ4n) is 0.840. The summed E-state index contributed by atoms with van der Waals surface area (Å²) in [5.41, 5.74) is 6.44. The molecule has 0 amide bonds. The minimum atomic E-state index is 0.231. The van der Waals surface area contributed by atoms with Crippen molar-refractivity contribution in [1.82, 2.24) is 0 Å². The second-order valence-corrected chi connectivity index (χ2v) is 4.61. The molecule has 4 heteroatoms. The molecule has 0 aliphatic rings. The van der Waals surface area contributed by atoms with Crippen molar-refractivity contribution in [2.24, 2.45) is 16.6 Å². The highest BCUT2D eigenvalue weighted by Crippen LogP contribution is 2.28. The van der Waals surface area contributed by atoms with E-state index in [1.165, 1.54) is 0 Å². The van der Waals surface area contributed by atoms with Crippen LogP contribution in [0.3, 0.4) is 0 Å². The lowest BCUT2D eigenvalue weighted by atomic mass is 10.2. The van der Waals surface area contributed by atoms with Crippen LogP contribution in [0, 0.1) is 5.92 Å². The molecule has 0 saturated carbocycles. The normalized spacial score (nSPS) is 12.2. The van der Waals surface area contributed by atoms with Crippen LogP contribution >= 0.6 is 27.5 Å². The van der Waals surface area contributed by atoms with Crippen molar-refractivity contribution in [1.29, 1.82) is 0 Å². The quantitative estimate of drug-likeness (QED) is 0.648. The molecule has 0 unspecified atom stereocenters. The number of hydrogen-bond donors (Lipinski definition) is 1. The van der Waals surface area contributed by atoms with Gasteiger partial charge < -0.3 is 5.73 Å². The topological polar surface area (TPSA) is 38.4 Å². The van der Waals surface area contributed by atoms with Gasteiger partial charge in [-0.3, -0.25) is 0 Å². The van der Waals surface area contributed by atoms with E-state index in [-0.39, 0.29) is 5.92 Å². The summed E-state index contributed by atoms with van der Waals surface area (Å²) < 4.78 is 0.935. The number of hydrogen-bond acceptors (Lipinski definition) is 1. The van der Waals surface area contributed by atoms with Gasteiger partial charge in [-0.05, 0) is 18.2 Å². The highest BCUT2D eigenvalue weighted by molar-refractivity contribution is 9.10. The molecule has 0 spiro atoms. The van der Waals surface area contributed by atoms with Crippen LogP contribution in [0.1, 0.15) is 13.8 Å². The molecule has 0 saturated heterocycles. The molecule has 0 bridgehead atoms. The first-order chi connectivity index (χ1) is 6.50. The Labute approximate surface area is 97.3 Å². The van der Waals surface area contributed by atoms with Gasteiger partial charge in [0.05, 0.1) is 10.7 Å². The van der Waals surface area contributed by atoms with Gasteiger partial charge in [0.15, 0.2) is 0 Å². The zero-order chi connectivity index (χ0) is 10.7. The highest BCUT2D eigenvalue weighted by atomic mass is 79.9. The van der Waals surface area contributed by atoms with Gasteiger partial charge in [-0.1, -0.05) is 41.4 Å². The van der Waals surface area contributed by atoms with Crippen molar-refractivity contribution in [3.63, 3.8) is 0 Å². The Morgan fingerprint density at radius 1 is 1.50 bits per heavy atom. The number of halogens is 2. The van der Waals surface area contributed by atoms with E-state index in [0.29, 0.717) is 16.5 Å². The average molecular weight is 276 g/mol. The van der Waals surface area contributed by atoms with Crippen LogP contribution in [0.15, 0.2) is 27.7 Å². The molecule has 14 heavy (non-hydrogen) atoms. The number of rotatable bonds is 2. The zero-order valence-electron chi connectivity index (χ0n) is 8.09. The van der Waals surface area contributed by atoms with Crippen LogP contribution in [-0.2, 0) is 0 Å². The van der Waals surface area contributed by atoms with Crippen molar-refractivity contribution in [3.8, 4) is 0 Å². The van der Waals surface area contributed by atoms with Crippen LogP contribution in [0.2, 0.25) is 5.02 Å². The summed E-state index contributed by atoms with van der Waals surface area (Å²) in [6.45, 7) is 3.98. The molecular weight excluding hydrogens is 263 g/mol. The molecule has 2 N–H and O–H groups in total. The Bertz CT molecular complexity index is 361. The third-order valence-corrected chi connectivity index (χ3v) is 2.55. The van der Waals surface area contributed by atoms with Gasteiger partial charge in [0.2, 0.25) is 0 Å². The molecule has 0 aliphatic carbocycles. The molecule has 1 aromatic rings. The lowest BCUT2D eigenvalue weighted by molar-refractivity contribution is 0.873. The van der Waals surface area contributed by atoms with Crippen LogP contribution in [0.5, 0.6) is 0 Å². The van der Waals surface area contributed by atoms with Crippen molar-refractivity contribution >= 4 is 39.1 Å². The van der Waals surface area contributed by atoms with Gasteiger partial charge in [0, 0.05) is 10.4 Å². The molecule has 76 valence electrons. The number of amidine groups is 1. The minimum absolute atomic E-state index is 0.231. The monoisotopic (exact) mass is 274 g/mol. The Kier molecular flexibility index (Phi) is 3.96. The summed E-state index contributed by atoms with van der Waals surface area (Å²) in [6, 6.07) is 5.52. The fraction of sp³-hybridized carbons (Fsp3) is 0.300. The van der Waals surface area contributed by atoms with Crippen molar-refractivity contribution in [2.75, 3.05) is 0 Å². The second-order valence-electron chi connectivity index (χ2n) is 3.29. The Morgan fingerprint density at radius 3 is 2.64 bits per heavy atom. The van der Waals surface area contributed by atoms with Gasteiger partial charge in [0.25, 0.3) is 0 Å². The Morgan fingerprint density at radius 2 is 2.14 bits per heavy atom. The Hall–Kier alpha value is -0.540. The van der Waals surface area contributed by atoms with E-state index in [0.717, 1.165) is 4.47 Å². The van der Waals surface area contributed by atoms with Gasteiger partial charge >= 0.3 is 0 Å². The third kappa shape index (κ3) is 3.00. The first-order valence-electron chi connectivity index (χ1n) is 4.30. The molecule has 0 aliphatic heterocycles. The molecule has 0 fully saturated rings. The highest BCUT2D eigenvalue weighted by Gasteiger charge is 2.03. The lowest BCUT2D eigenvalue weighted by Gasteiger charge is -2.05. The smallest absolute Gasteiger partial charge is 0.102 e. The summed E-state index contributed by atoms with van der Waals surface area (Å²) in [4.78, 5) is 4.24. The second kappa shape index (κ2) is 4.80. The van der Waals surface area contributed by atoms with Crippen LogP contribution in [-0.4, -0.2) is 5.84 Å². The molecule has 0 atom stereocenters. The molecule has 0 heterocycles. The van der Waals surface area contributed by atoms with E-state index in [4.69, 9.17) is 17.3 Å². The average Bonchev–Trinajstić information content (AvgIpc) is 2.09. The summed E-state index contributed by atoms with van der Waals surface area (Å²) in [7, 11) is 0. The zero-order valence-corrected chi connectivity index (χ0v) is 10.4. The van der Waals surface area contributed by atoms with E-state index in [9.17, 15) is 0 Å². The molecule has 1 aromatic carbocycles. The maximum Gasteiger partial charge on any atom is 0.102 e. The molecule has 0 aromatic heterocycles. The fourth-order valence-corrected chi connectivity index (χ4v) is 1.56.